The maximum absolute atomic E-state index is 12.0. The molecule has 2 rings (SSSR count). The molecule has 90 valence electrons. The van der Waals surface area contributed by atoms with Gasteiger partial charge in [-0.3, -0.25) is 9.59 Å². The van der Waals surface area contributed by atoms with Crippen molar-refractivity contribution < 1.29 is 9.59 Å². The Morgan fingerprint density at radius 2 is 2.06 bits per heavy atom. The average Bonchev–Trinajstić information content (AvgIpc) is 2.42. The zero-order valence-corrected chi connectivity index (χ0v) is 9.90. The van der Waals surface area contributed by atoms with Crippen LogP contribution in [-0.4, -0.2) is 18.4 Å². The highest BCUT2D eigenvalue weighted by Gasteiger charge is 2.25. The third-order valence-corrected chi connectivity index (χ3v) is 2.82. The van der Waals surface area contributed by atoms with Crippen LogP contribution in [0.25, 0.3) is 0 Å². The SMILES string of the molecule is CCCCN1C(=O)CC(=O)Nc2ccccc21. The first-order valence-electron chi connectivity index (χ1n) is 5.91. The Morgan fingerprint density at radius 3 is 2.82 bits per heavy atom. The Hall–Kier alpha value is -1.84. The molecule has 17 heavy (non-hydrogen) atoms. The number of anilines is 2. The van der Waals surface area contributed by atoms with E-state index in [1.165, 1.54) is 0 Å². The zero-order valence-electron chi connectivity index (χ0n) is 9.90. The second kappa shape index (κ2) is 4.99. The molecule has 0 bridgehead atoms. The van der Waals surface area contributed by atoms with E-state index < -0.39 is 0 Å². The molecule has 0 saturated carbocycles. The number of amides is 2. The van der Waals surface area contributed by atoms with Crippen molar-refractivity contribution >= 4 is 23.2 Å². The third kappa shape index (κ3) is 2.46. The number of unbranched alkanes of at least 4 members (excludes halogenated alkanes) is 1. The van der Waals surface area contributed by atoms with E-state index in [2.05, 4.69) is 12.2 Å². The number of fused-ring (bicyclic) bond motifs is 1. The van der Waals surface area contributed by atoms with Crippen molar-refractivity contribution in [1.29, 1.82) is 0 Å². The summed E-state index contributed by atoms with van der Waals surface area (Å²) in [5.41, 5.74) is 1.52. The minimum atomic E-state index is -0.235. The molecule has 1 N–H and O–H groups in total. The van der Waals surface area contributed by atoms with Crippen molar-refractivity contribution in [3.05, 3.63) is 24.3 Å². The predicted molar refractivity (Wildman–Crippen MR) is 66.9 cm³/mol. The molecule has 1 aliphatic rings. The smallest absolute Gasteiger partial charge is 0.236 e. The molecule has 1 aliphatic heterocycles. The van der Waals surface area contributed by atoms with Crippen LogP contribution in [0.15, 0.2) is 24.3 Å². The normalized spacial score (nSPS) is 15.2. The minimum Gasteiger partial charge on any atom is -0.324 e. The summed E-state index contributed by atoms with van der Waals surface area (Å²) in [7, 11) is 0. The van der Waals surface area contributed by atoms with Crippen molar-refractivity contribution in [2.24, 2.45) is 0 Å². The molecule has 1 aromatic carbocycles. The van der Waals surface area contributed by atoms with Crippen LogP contribution >= 0.6 is 0 Å². The molecule has 2 amide bonds. The lowest BCUT2D eigenvalue weighted by Crippen LogP contribution is -2.31. The fourth-order valence-corrected chi connectivity index (χ4v) is 1.94. The number of hydrogen-bond acceptors (Lipinski definition) is 2. The van der Waals surface area contributed by atoms with Gasteiger partial charge in [0.15, 0.2) is 0 Å². The molecule has 0 radical (unpaired) electrons. The van der Waals surface area contributed by atoms with Gasteiger partial charge >= 0.3 is 0 Å². The average molecular weight is 232 g/mol. The van der Waals surface area contributed by atoms with Gasteiger partial charge in [0, 0.05) is 6.54 Å². The highest BCUT2D eigenvalue weighted by atomic mass is 16.2. The molecule has 0 aromatic heterocycles. The first kappa shape index (κ1) is 11.6. The van der Waals surface area contributed by atoms with Crippen molar-refractivity contribution in [3.63, 3.8) is 0 Å². The summed E-state index contributed by atoms with van der Waals surface area (Å²) in [6.07, 6.45) is 1.89. The summed E-state index contributed by atoms with van der Waals surface area (Å²) in [4.78, 5) is 25.2. The summed E-state index contributed by atoms with van der Waals surface area (Å²) in [6, 6.07) is 7.43. The lowest BCUT2D eigenvalue weighted by Gasteiger charge is -2.21. The molecule has 0 spiro atoms. The highest BCUT2D eigenvalue weighted by molar-refractivity contribution is 6.14. The molecule has 0 saturated heterocycles. The number of rotatable bonds is 3. The first-order chi connectivity index (χ1) is 8.22. The second-order valence-electron chi connectivity index (χ2n) is 4.14. The van der Waals surface area contributed by atoms with Crippen molar-refractivity contribution in [1.82, 2.24) is 0 Å². The van der Waals surface area contributed by atoms with Crippen LogP contribution in [-0.2, 0) is 9.59 Å². The van der Waals surface area contributed by atoms with Crippen LogP contribution < -0.4 is 10.2 Å². The molecule has 1 heterocycles. The molecule has 0 fully saturated rings. The number of para-hydroxylation sites is 2. The van der Waals surface area contributed by atoms with Crippen molar-refractivity contribution in [2.75, 3.05) is 16.8 Å². The Morgan fingerprint density at radius 1 is 1.29 bits per heavy atom. The fraction of sp³-hybridized carbons (Fsp3) is 0.385. The fourth-order valence-electron chi connectivity index (χ4n) is 1.94. The van der Waals surface area contributed by atoms with Gasteiger partial charge in [0.1, 0.15) is 6.42 Å². The topological polar surface area (TPSA) is 49.4 Å². The number of hydrogen-bond donors (Lipinski definition) is 1. The van der Waals surface area contributed by atoms with Crippen molar-refractivity contribution in [3.8, 4) is 0 Å². The number of benzene rings is 1. The van der Waals surface area contributed by atoms with E-state index in [9.17, 15) is 9.59 Å². The van der Waals surface area contributed by atoms with Crippen molar-refractivity contribution in [2.45, 2.75) is 26.2 Å². The first-order valence-corrected chi connectivity index (χ1v) is 5.91. The van der Waals surface area contributed by atoms with Crippen LogP contribution in [0.3, 0.4) is 0 Å². The second-order valence-corrected chi connectivity index (χ2v) is 4.14. The number of nitrogens with zero attached hydrogens (tertiary/aromatic N) is 1. The number of carbonyl (C=O) groups excluding carboxylic acids is 2. The summed E-state index contributed by atoms with van der Waals surface area (Å²) >= 11 is 0. The van der Waals surface area contributed by atoms with E-state index in [1.807, 2.05) is 24.3 Å². The van der Waals surface area contributed by atoms with E-state index in [0.29, 0.717) is 6.54 Å². The highest BCUT2D eigenvalue weighted by Crippen LogP contribution is 2.28. The number of carbonyl (C=O) groups is 2. The minimum absolute atomic E-state index is 0.0710. The Labute approximate surface area is 101 Å². The van der Waals surface area contributed by atoms with Crippen LogP contribution in [0.4, 0.5) is 11.4 Å². The van der Waals surface area contributed by atoms with Gasteiger partial charge in [-0.25, -0.2) is 0 Å². The van der Waals surface area contributed by atoms with Gasteiger partial charge in [-0.05, 0) is 18.6 Å². The molecule has 4 nitrogen and oxygen atoms in total. The van der Waals surface area contributed by atoms with E-state index in [4.69, 9.17) is 0 Å². The van der Waals surface area contributed by atoms with E-state index in [1.54, 1.807) is 4.90 Å². The van der Waals surface area contributed by atoms with Gasteiger partial charge in [0.05, 0.1) is 11.4 Å². The monoisotopic (exact) mass is 232 g/mol. The molecule has 0 unspecified atom stereocenters. The van der Waals surface area contributed by atoms with Gasteiger partial charge in [0.2, 0.25) is 11.8 Å². The molecule has 0 atom stereocenters. The van der Waals surface area contributed by atoms with Gasteiger partial charge in [0.25, 0.3) is 0 Å². The van der Waals surface area contributed by atoms with Crippen LogP contribution in [0.5, 0.6) is 0 Å². The maximum Gasteiger partial charge on any atom is 0.236 e. The lowest BCUT2D eigenvalue weighted by atomic mass is 10.2. The number of nitrogens with one attached hydrogen (secondary N) is 1. The molecule has 0 aliphatic carbocycles. The Kier molecular flexibility index (Phi) is 3.42. The van der Waals surface area contributed by atoms with Gasteiger partial charge < -0.3 is 10.2 Å². The van der Waals surface area contributed by atoms with Gasteiger partial charge in [-0.2, -0.15) is 0 Å². The Bertz CT molecular complexity index is 443. The maximum atomic E-state index is 12.0. The van der Waals surface area contributed by atoms with Crippen LogP contribution in [0.2, 0.25) is 0 Å². The molecule has 4 heteroatoms. The molecular formula is C13H16N2O2. The quantitative estimate of drug-likeness (QED) is 0.812. The summed E-state index contributed by atoms with van der Waals surface area (Å²) in [6.45, 7) is 2.75. The molecular weight excluding hydrogens is 216 g/mol. The standard InChI is InChI=1S/C13H16N2O2/c1-2-3-8-15-11-7-5-4-6-10(11)14-12(16)9-13(15)17/h4-7H,2-3,8-9H2,1H3,(H,14,16). The van der Waals surface area contributed by atoms with Gasteiger partial charge in [-0.1, -0.05) is 25.5 Å². The Balaban J connectivity index is 2.35. The van der Waals surface area contributed by atoms with E-state index in [0.717, 1.165) is 24.2 Å². The lowest BCUT2D eigenvalue weighted by molar-refractivity contribution is -0.124. The van der Waals surface area contributed by atoms with Crippen LogP contribution in [0, 0.1) is 0 Å². The predicted octanol–water partition coefficient (Wildman–Crippen LogP) is 2.16. The van der Waals surface area contributed by atoms with E-state index in [-0.39, 0.29) is 18.2 Å². The van der Waals surface area contributed by atoms with Crippen LogP contribution in [0.1, 0.15) is 26.2 Å². The summed E-state index contributed by atoms with van der Waals surface area (Å²) in [5, 5.41) is 2.76. The summed E-state index contributed by atoms with van der Waals surface area (Å²) in [5.74, 6) is -0.359. The molecule has 1 aromatic rings. The van der Waals surface area contributed by atoms with E-state index >= 15 is 0 Å². The van der Waals surface area contributed by atoms with Gasteiger partial charge in [-0.15, -0.1) is 0 Å². The zero-order chi connectivity index (χ0) is 12.3. The summed E-state index contributed by atoms with van der Waals surface area (Å²) < 4.78 is 0. The largest absolute Gasteiger partial charge is 0.324 e. The third-order valence-electron chi connectivity index (χ3n) is 2.82.